The summed E-state index contributed by atoms with van der Waals surface area (Å²) >= 11 is 4.15. The molecule has 0 bridgehead atoms. The predicted molar refractivity (Wildman–Crippen MR) is 135 cm³/mol. The maximum Gasteiger partial charge on any atom is 0.250 e. The zero-order chi connectivity index (χ0) is 24.8. The Balaban J connectivity index is 0.00000432. The Morgan fingerprint density at radius 3 is 2.71 bits per heavy atom. The van der Waals surface area contributed by atoms with E-state index in [9.17, 15) is 22.3 Å². The van der Waals surface area contributed by atoms with Crippen LogP contribution in [0.15, 0.2) is 39.7 Å². The van der Waals surface area contributed by atoms with E-state index in [1.54, 1.807) is 17.8 Å². The van der Waals surface area contributed by atoms with Crippen molar-refractivity contribution in [3.05, 3.63) is 57.0 Å². The van der Waals surface area contributed by atoms with Gasteiger partial charge in [0.15, 0.2) is 7.60 Å². The van der Waals surface area contributed by atoms with E-state index in [1.165, 1.54) is 17.4 Å². The van der Waals surface area contributed by atoms with E-state index in [4.69, 9.17) is 15.3 Å². The van der Waals surface area contributed by atoms with E-state index in [2.05, 4.69) is 10.0 Å². The number of sulfonamides is 1. The highest BCUT2D eigenvalue weighted by Crippen LogP contribution is 2.39. The van der Waals surface area contributed by atoms with Gasteiger partial charge in [-0.3, -0.25) is 4.57 Å². The molecule has 35 heavy (non-hydrogen) atoms. The molecule has 0 saturated carbocycles. The lowest BCUT2D eigenvalue weighted by Crippen LogP contribution is -2.28. The van der Waals surface area contributed by atoms with Crippen molar-refractivity contribution in [1.82, 2.24) is 10.9 Å². The molecule has 1 aromatic carbocycles. The van der Waals surface area contributed by atoms with Gasteiger partial charge in [0.05, 0.1) is 11.8 Å². The monoisotopic (exact) mass is 578 g/mol. The largest absolute Gasteiger partial charge is 0.768 e. The number of azide groups is 1. The normalized spacial score (nSPS) is 12.8. The first-order valence-corrected chi connectivity index (χ1v) is 15.4. The number of rotatable bonds is 12. The van der Waals surface area contributed by atoms with Crippen molar-refractivity contribution in [2.45, 2.75) is 16.4 Å². The minimum atomic E-state index is -4.74. The van der Waals surface area contributed by atoms with Gasteiger partial charge in [-0.05, 0) is 42.0 Å². The maximum atomic E-state index is 13.6. The van der Waals surface area contributed by atoms with Gasteiger partial charge in [0.1, 0.15) is 21.8 Å². The van der Waals surface area contributed by atoms with Crippen LogP contribution in [-0.2, 0) is 20.3 Å². The molecule has 2 heterocycles. The molecule has 0 aliphatic carbocycles. The fourth-order valence-corrected chi connectivity index (χ4v) is 8.98. The van der Waals surface area contributed by atoms with Gasteiger partial charge in [-0.15, -0.1) is 22.7 Å². The number of nitrogens with zero attached hydrogens (tertiary/aromatic N) is 4. The fourth-order valence-electron chi connectivity index (χ4n) is 2.59. The first-order valence-electron chi connectivity index (χ1n) is 9.43. The third-order valence-corrected chi connectivity index (χ3v) is 10.8. The Labute approximate surface area is 212 Å². The lowest BCUT2D eigenvalue weighted by molar-refractivity contribution is -0.191. The van der Waals surface area contributed by atoms with Crippen molar-refractivity contribution in [1.29, 1.82) is 5.26 Å². The smallest absolute Gasteiger partial charge is 0.250 e. The third-order valence-electron chi connectivity index (χ3n) is 4.11. The topological polar surface area (TPSA) is 205 Å². The van der Waals surface area contributed by atoms with Crippen molar-refractivity contribution in [3.63, 3.8) is 0 Å². The van der Waals surface area contributed by atoms with Gasteiger partial charge in [0, 0.05) is 37.6 Å². The molecule has 0 spiro atoms. The Morgan fingerprint density at radius 2 is 2.06 bits per heavy atom. The van der Waals surface area contributed by atoms with Crippen LogP contribution in [0.25, 0.3) is 19.8 Å². The van der Waals surface area contributed by atoms with Crippen LogP contribution in [0.5, 0.6) is 5.75 Å². The number of hydrogen-bond donors (Lipinski definition) is 2. The first kappa shape index (κ1) is 29.1. The fraction of sp³-hybridized carbons (Fsp3) is 0.278. The predicted octanol–water partition coefficient (Wildman–Crippen LogP) is 5.15. The zero-order valence-corrected chi connectivity index (χ0v) is 22.4. The molecule has 2 aromatic heterocycles. The number of nitrogens with one attached hydrogen (secondary N) is 1. The second-order valence-corrected chi connectivity index (χ2v) is 13.7. The molecule has 0 aliphatic rings. The number of hydrogen-bond acceptors (Lipinski definition) is 10. The highest BCUT2D eigenvalue weighted by molar-refractivity contribution is 7.98. The molecule has 0 fully saturated rings. The van der Waals surface area contributed by atoms with Crippen molar-refractivity contribution in [2.75, 3.05) is 18.6 Å². The summed E-state index contributed by atoms with van der Waals surface area (Å²) in [6.07, 6.45) is -0.254. The Bertz CT molecular complexity index is 1400. The molecule has 5 N–H and O–H groups in total. The van der Waals surface area contributed by atoms with Crippen LogP contribution >= 0.6 is 42.0 Å². The van der Waals surface area contributed by atoms with Crippen molar-refractivity contribution in [2.24, 2.45) is 5.11 Å². The Morgan fingerprint density at radius 1 is 1.31 bits per heavy atom. The van der Waals surface area contributed by atoms with E-state index >= 15 is 0 Å². The minimum Gasteiger partial charge on any atom is -0.768 e. The summed E-state index contributed by atoms with van der Waals surface area (Å²) < 4.78 is 59.2. The Kier molecular flexibility index (Phi) is 10.5. The van der Waals surface area contributed by atoms with Gasteiger partial charge in [-0.2, -0.15) is 17.0 Å². The maximum absolute atomic E-state index is 13.6. The number of halogens is 1. The standard InChI is InChI=1S/C18H17FN5O5PS4.H3N/c19-15-6-13(3-2-12(15)9-20)29-30(25,26)11-23-34(27,28)18-8-17-16(33-18)7-14(32-17)10-31-5-1-4-22-24-21;/h2-3,6-8,23H,1,4-5,10-11H2,(H,25,26);1H3. The molecule has 0 amide bonds. The summed E-state index contributed by atoms with van der Waals surface area (Å²) in [6.45, 7) is 0.447. The van der Waals surface area contributed by atoms with Crippen LogP contribution in [0.1, 0.15) is 16.9 Å². The summed E-state index contributed by atoms with van der Waals surface area (Å²) in [5.74, 6) is 0.259. The highest BCUT2D eigenvalue weighted by atomic mass is 32.2. The lowest BCUT2D eigenvalue weighted by atomic mass is 10.2. The Hall–Kier alpha value is -2.18. The quantitative estimate of drug-likeness (QED) is 0.0970. The van der Waals surface area contributed by atoms with E-state index < -0.39 is 29.7 Å². The molecule has 1 unspecified atom stereocenters. The van der Waals surface area contributed by atoms with E-state index in [-0.39, 0.29) is 21.7 Å². The second-order valence-electron chi connectivity index (χ2n) is 6.63. The van der Waals surface area contributed by atoms with Gasteiger partial charge in [0.2, 0.25) is 0 Å². The summed E-state index contributed by atoms with van der Waals surface area (Å²) in [5, 5.41) is 12.2. The molecule has 1 atom stereocenters. The van der Waals surface area contributed by atoms with Crippen molar-refractivity contribution in [3.8, 4) is 11.8 Å². The molecule has 17 heteroatoms. The molecule has 3 aromatic rings. The molecular formula is C18H20FN6O5PS4. The van der Waals surface area contributed by atoms with Gasteiger partial charge in [-0.1, -0.05) is 5.11 Å². The third kappa shape index (κ3) is 8.18. The van der Waals surface area contributed by atoms with Crippen LogP contribution < -0.4 is 20.3 Å². The van der Waals surface area contributed by atoms with Gasteiger partial charge < -0.3 is 15.6 Å². The number of fused-ring (bicyclic) bond motifs is 1. The molecule has 11 nitrogen and oxygen atoms in total. The number of quaternary nitrogens is 1. The van der Waals surface area contributed by atoms with E-state index in [1.807, 2.05) is 10.8 Å². The minimum absolute atomic E-state index is 0. The summed E-state index contributed by atoms with van der Waals surface area (Å²) in [4.78, 5) is 15.9. The number of nitriles is 1. The molecule has 188 valence electrons. The lowest BCUT2D eigenvalue weighted by Gasteiger charge is -2.24. The van der Waals surface area contributed by atoms with Crippen LogP contribution in [0, 0.1) is 17.1 Å². The van der Waals surface area contributed by atoms with E-state index in [0.29, 0.717) is 6.54 Å². The van der Waals surface area contributed by atoms with Crippen LogP contribution in [0.4, 0.5) is 4.39 Å². The summed E-state index contributed by atoms with van der Waals surface area (Å²) in [5.41, 5.74) is 7.97. The zero-order valence-electron chi connectivity index (χ0n) is 18.2. The second kappa shape index (κ2) is 12.7. The summed E-state index contributed by atoms with van der Waals surface area (Å²) in [7, 11) is -8.86. The molecule has 0 radical (unpaired) electrons. The molecular weight excluding hydrogens is 558 g/mol. The van der Waals surface area contributed by atoms with Gasteiger partial charge >= 0.3 is 0 Å². The van der Waals surface area contributed by atoms with E-state index in [0.717, 1.165) is 61.7 Å². The summed E-state index contributed by atoms with van der Waals surface area (Å²) in [6, 6.07) is 7.87. The average Bonchev–Trinajstić information content (AvgIpc) is 3.34. The number of thioether (sulfide) groups is 1. The first-order chi connectivity index (χ1) is 16.1. The molecule has 3 rings (SSSR count). The number of thiophene rings is 2. The molecule has 0 saturated heterocycles. The van der Waals surface area contributed by atoms with Crippen molar-refractivity contribution < 1.29 is 26.8 Å². The van der Waals surface area contributed by atoms with Crippen molar-refractivity contribution >= 4 is 61.5 Å². The average molecular weight is 579 g/mol. The van der Waals surface area contributed by atoms with Gasteiger partial charge in [0.25, 0.3) is 10.0 Å². The van der Waals surface area contributed by atoms with Crippen LogP contribution in [0.3, 0.4) is 0 Å². The highest BCUT2D eigenvalue weighted by Gasteiger charge is 2.22. The van der Waals surface area contributed by atoms with Crippen LogP contribution in [-0.4, -0.2) is 27.0 Å². The van der Waals surface area contributed by atoms with Crippen LogP contribution in [0.2, 0.25) is 0 Å². The SMILES string of the molecule is N#Cc1ccc(OP(=O)([O-])CNS(=O)(=O)c2cc3sc(CSCCCN=[N+]=[N-])cc3s2)cc1F.[NH4+]. The number of benzene rings is 1. The molecule has 0 aliphatic heterocycles. The van der Waals surface area contributed by atoms with Gasteiger partial charge in [-0.25, -0.2) is 17.5 Å².